The first-order chi connectivity index (χ1) is 13.4. The van der Waals surface area contributed by atoms with Gasteiger partial charge in [-0.05, 0) is 72.1 Å². The highest BCUT2D eigenvalue weighted by molar-refractivity contribution is 6.03. The number of nitrogens with zero attached hydrogens (tertiary/aromatic N) is 2. The number of hydrogen-bond acceptors (Lipinski definition) is 4. The molecule has 0 saturated heterocycles. The second kappa shape index (κ2) is 7.23. The van der Waals surface area contributed by atoms with E-state index in [-0.39, 0.29) is 17.3 Å². The number of rotatable bonds is 3. The van der Waals surface area contributed by atoms with Crippen molar-refractivity contribution in [1.82, 2.24) is 10.2 Å². The van der Waals surface area contributed by atoms with Crippen LogP contribution in [0.5, 0.6) is 0 Å². The van der Waals surface area contributed by atoms with E-state index in [2.05, 4.69) is 48.4 Å². The first-order valence-electron chi connectivity index (χ1n) is 9.78. The number of carbonyl (C=O) groups is 1. The lowest BCUT2D eigenvalue weighted by molar-refractivity contribution is 0.102. The highest BCUT2D eigenvalue weighted by atomic mass is 16.4. The number of amides is 1. The second-order valence-corrected chi connectivity index (χ2v) is 8.38. The molecule has 0 radical (unpaired) electrons. The van der Waals surface area contributed by atoms with E-state index in [1.54, 1.807) is 0 Å². The van der Waals surface area contributed by atoms with Crippen LogP contribution >= 0.6 is 0 Å². The predicted octanol–water partition coefficient (Wildman–Crippen LogP) is 5.17. The molecule has 1 N–H and O–H groups in total. The average Bonchev–Trinajstić information content (AvgIpc) is 3.15. The second-order valence-electron chi connectivity index (χ2n) is 8.38. The molecule has 1 aliphatic rings. The minimum atomic E-state index is -0.263. The lowest BCUT2D eigenvalue weighted by atomic mass is 9.87. The molecule has 28 heavy (non-hydrogen) atoms. The summed E-state index contributed by atoms with van der Waals surface area (Å²) < 4.78 is 5.68. The van der Waals surface area contributed by atoms with E-state index in [0.29, 0.717) is 11.5 Å². The highest BCUT2D eigenvalue weighted by Crippen LogP contribution is 2.28. The van der Waals surface area contributed by atoms with Crippen molar-refractivity contribution >= 4 is 11.9 Å². The van der Waals surface area contributed by atoms with Crippen LogP contribution in [-0.2, 0) is 18.3 Å². The predicted molar refractivity (Wildman–Crippen MR) is 109 cm³/mol. The third-order valence-corrected chi connectivity index (χ3v) is 5.25. The fraction of sp³-hybridized carbons (Fsp3) is 0.348. The Hall–Kier alpha value is -2.95. The van der Waals surface area contributed by atoms with Gasteiger partial charge in [-0.2, -0.15) is 0 Å². The molecule has 0 fully saturated rings. The quantitative estimate of drug-likeness (QED) is 0.686. The molecule has 5 heteroatoms. The molecule has 0 atom stereocenters. The summed E-state index contributed by atoms with van der Waals surface area (Å²) in [6.45, 7) is 6.42. The van der Waals surface area contributed by atoms with E-state index in [4.69, 9.17) is 4.42 Å². The minimum Gasteiger partial charge on any atom is -0.403 e. The Labute approximate surface area is 165 Å². The molecule has 2 aromatic carbocycles. The average molecular weight is 375 g/mol. The number of fused-ring (bicyclic) bond motifs is 1. The Bertz CT molecular complexity index is 997. The molecule has 1 amide bonds. The van der Waals surface area contributed by atoms with Crippen molar-refractivity contribution in [2.45, 2.75) is 51.9 Å². The van der Waals surface area contributed by atoms with Crippen molar-refractivity contribution in [1.29, 1.82) is 0 Å². The van der Waals surface area contributed by atoms with E-state index in [0.717, 1.165) is 18.4 Å². The van der Waals surface area contributed by atoms with Gasteiger partial charge in [0.1, 0.15) is 0 Å². The number of carbonyl (C=O) groups excluding carboxylic acids is 1. The van der Waals surface area contributed by atoms with Crippen molar-refractivity contribution in [3.05, 3.63) is 64.7 Å². The van der Waals surface area contributed by atoms with Crippen LogP contribution in [0, 0.1) is 0 Å². The van der Waals surface area contributed by atoms with Gasteiger partial charge in [-0.15, -0.1) is 5.10 Å². The summed E-state index contributed by atoms with van der Waals surface area (Å²) in [7, 11) is 0. The fourth-order valence-corrected chi connectivity index (χ4v) is 3.55. The maximum atomic E-state index is 12.5. The van der Waals surface area contributed by atoms with Crippen molar-refractivity contribution in [3.8, 4) is 11.5 Å². The van der Waals surface area contributed by atoms with E-state index >= 15 is 0 Å². The Balaban J connectivity index is 1.48. The Kier molecular flexibility index (Phi) is 4.75. The largest absolute Gasteiger partial charge is 0.403 e. The molecule has 0 aliphatic heterocycles. The van der Waals surface area contributed by atoms with Crippen LogP contribution in [0.15, 0.2) is 46.9 Å². The minimum absolute atomic E-state index is 0.0469. The highest BCUT2D eigenvalue weighted by Gasteiger charge is 2.17. The van der Waals surface area contributed by atoms with Gasteiger partial charge in [0.05, 0.1) is 0 Å². The maximum absolute atomic E-state index is 12.5. The Morgan fingerprint density at radius 2 is 1.68 bits per heavy atom. The number of nitrogens with one attached hydrogen (secondary N) is 1. The number of benzene rings is 2. The van der Waals surface area contributed by atoms with Gasteiger partial charge in [-0.3, -0.25) is 10.1 Å². The summed E-state index contributed by atoms with van der Waals surface area (Å²) in [6, 6.07) is 14.0. The summed E-state index contributed by atoms with van der Waals surface area (Å²) in [5.41, 5.74) is 5.43. The van der Waals surface area contributed by atoms with Gasteiger partial charge >= 0.3 is 6.01 Å². The van der Waals surface area contributed by atoms with Crippen LogP contribution in [0.2, 0.25) is 0 Å². The van der Waals surface area contributed by atoms with Gasteiger partial charge in [0, 0.05) is 11.1 Å². The molecule has 0 saturated carbocycles. The molecule has 1 aliphatic carbocycles. The molecule has 1 heterocycles. The summed E-state index contributed by atoms with van der Waals surface area (Å²) >= 11 is 0. The number of hydrogen-bond donors (Lipinski definition) is 1. The molecular formula is C23H25N3O2. The molecular weight excluding hydrogens is 350 g/mol. The van der Waals surface area contributed by atoms with Gasteiger partial charge < -0.3 is 4.42 Å². The van der Waals surface area contributed by atoms with Gasteiger partial charge in [0.2, 0.25) is 5.89 Å². The Morgan fingerprint density at radius 1 is 0.964 bits per heavy atom. The van der Waals surface area contributed by atoms with Gasteiger partial charge in [0.15, 0.2) is 0 Å². The lowest BCUT2D eigenvalue weighted by Crippen LogP contribution is -2.14. The van der Waals surface area contributed by atoms with E-state index in [1.807, 2.05) is 30.3 Å². The zero-order chi connectivity index (χ0) is 19.7. The van der Waals surface area contributed by atoms with E-state index in [9.17, 15) is 4.79 Å². The third-order valence-electron chi connectivity index (χ3n) is 5.25. The van der Waals surface area contributed by atoms with Crippen LogP contribution in [0.25, 0.3) is 11.5 Å². The van der Waals surface area contributed by atoms with Crippen molar-refractivity contribution < 1.29 is 9.21 Å². The number of aryl methyl sites for hydroxylation is 2. The zero-order valence-electron chi connectivity index (χ0n) is 16.6. The van der Waals surface area contributed by atoms with E-state index < -0.39 is 0 Å². The van der Waals surface area contributed by atoms with Crippen LogP contribution < -0.4 is 5.32 Å². The molecule has 0 bridgehead atoms. The number of anilines is 1. The standard InChI is InChI=1S/C23H25N3O2/c1-23(2,3)19-12-10-16(11-13-19)20(27)24-22-26-25-21(28-22)18-9-8-15-6-4-5-7-17(15)14-18/h8-14H,4-7H2,1-3H3,(H,24,26,27). The monoisotopic (exact) mass is 375 g/mol. The topological polar surface area (TPSA) is 68.0 Å². The van der Waals surface area contributed by atoms with Crippen molar-refractivity contribution in [3.63, 3.8) is 0 Å². The first kappa shape index (κ1) is 18.4. The SMILES string of the molecule is CC(C)(C)c1ccc(C(=O)Nc2nnc(-c3ccc4c(c3)CCCC4)o2)cc1. The van der Waals surface area contributed by atoms with E-state index in [1.165, 1.54) is 29.5 Å². The summed E-state index contributed by atoms with van der Waals surface area (Å²) in [5, 5.41) is 10.8. The zero-order valence-corrected chi connectivity index (χ0v) is 16.6. The summed E-state index contributed by atoms with van der Waals surface area (Å²) in [4.78, 5) is 12.5. The molecule has 144 valence electrons. The van der Waals surface area contributed by atoms with Gasteiger partial charge in [-0.1, -0.05) is 44.1 Å². The first-order valence-corrected chi connectivity index (χ1v) is 9.78. The molecule has 3 aromatic rings. The third kappa shape index (κ3) is 3.84. The van der Waals surface area contributed by atoms with Crippen molar-refractivity contribution in [2.24, 2.45) is 0 Å². The van der Waals surface area contributed by atoms with Gasteiger partial charge in [0.25, 0.3) is 5.91 Å². The number of aromatic nitrogens is 2. The van der Waals surface area contributed by atoms with Crippen LogP contribution in [0.1, 0.15) is 60.7 Å². The molecule has 0 unspecified atom stereocenters. The smallest absolute Gasteiger partial charge is 0.322 e. The molecule has 4 rings (SSSR count). The van der Waals surface area contributed by atoms with Gasteiger partial charge in [-0.25, -0.2) is 0 Å². The lowest BCUT2D eigenvalue weighted by Gasteiger charge is -2.18. The normalized spacial score (nSPS) is 13.8. The maximum Gasteiger partial charge on any atom is 0.322 e. The Morgan fingerprint density at radius 3 is 2.39 bits per heavy atom. The summed E-state index contributed by atoms with van der Waals surface area (Å²) in [6.07, 6.45) is 4.69. The molecule has 5 nitrogen and oxygen atoms in total. The summed E-state index contributed by atoms with van der Waals surface area (Å²) in [5.74, 6) is 0.160. The molecule has 0 spiro atoms. The fourth-order valence-electron chi connectivity index (χ4n) is 3.55. The van der Waals surface area contributed by atoms with Crippen molar-refractivity contribution in [2.75, 3.05) is 5.32 Å². The van der Waals surface area contributed by atoms with Crippen LogP contribution in [0.3, 0.4) is 0 Å². The van der Waals surface area contributed by atoms with Crippen LogP contribution in [-0.4, -0.2) is 16.1 Å². The van der Waals surface area contributed by atoms with Crippen LogP contribution in [0.4, 0.5) is 6.01 Å². The molecule has 1 aromatic heterocycles.